The zero-order chi connectivity index (χ0) is 19.6. The minimum Gasteiger partial charge on any atom is -0.493 e. The molecule has 1 aliphatic heterocycles. The molecule has 148 valence electrons. The lowest BCUT2D eigenvalue weighted by molar-refractivity contribution is 0.0892. The molecule has 0 bridgehead atoms. The minimum atomic E-state index is -0.00557. The van der Waals surface area contributed by atoms with Crippen molar-refractivity contribution in [2.45, 2.75) is 52.2 Å². The van der Waals surface area contributed by atoms with Crippen LogP contribution >= 0.6 is 0 Å². The fourth-order valence-electron chi connectivity index (χ4n) is 3.94. The van der Waals surface area contributed by atoms with Gasteiger partial charge in [0.25, 0.3) is 5.91 Å². The Kier molecular flexibility index (Phi) is 5.95. The quantitative estimate of drug-likeness (QED) is 0.844. The first-order chi connectivity index (χ1) is 13.0. The molecule has 3 rings (SSSR count). The smallest absolute Gasteiger partial charge is 0.268 e. The Morgan fingerprint density at radius 2 is 1.78 bits per heavy atom. The van der Waals surface area contributed by atoms with Crippen LogP contribution in [0.3, 0.4) is 0 Å². The van der Waals surface area contributed by atoms with E-state index in [-0.39, 0.29) is 11.9 Å². The van der Waals surface area contributed by atoms with Crippen LogP contribution in [0.25, 0.3) is 10.9 Å². The fraction of sp³-hybridized carbons (Fsp3) is 0.571. The Morgan fingerprint density at radius 3 is 2.33 bits per heavy atom. The van der Waals surface area contributed by atoms with Gasteiger partial charge in [-0.3, -0.25) is 4.79 Å². The van der Waals surface area contributed by atoms with E-state index < -0.39 is 0 Å². The van der Waals surface area contributed by atoms with E-state index in [0.717, 1.165) is 36.8 Å². The molecule has 2 aromatic rings. The Hall–Kier alpha value is -2.21. The van der Waals surface area contributed by atoms with Gasteiger partial charge >= 0.3 is 0 Å². The second-order valence-electron chi connectivity index (χ2n) is 7.42. The average molecular weight is 373 g/mol. The molecule has 0 aliphatic carbocycles. The summed E-state index contributed by atoms with van der Waals surface area (Å²) < 4.78 is 12.9. The van der Waals surface area contributed by atoms with E-state index in [2.05, 4.69) is 24.1 Å². The van der Waals surface area contributed by atoms with Crippen LogP contribution in [0.2, 0.25) is 0 Å². The molecule has 1 aromatic carbocycles. The molecule has 0 atom stereocenters. The predicted octanol–water partition coefficient (Wildman–Crippen LogP) is 3.28. The van der Waals surface area contributed by atoms with Gasteiger partial charge < -0.3 is 24.3 Å². The summed E-state index contributed by atoms with van der Waals surface area (Å²) in [4.78, 5) is 15.4. The van der Waals surface area contributed by atoms with Crippen molar-refractivity contribution >= 4 is 16.8 Å². The number of nitrogens with one attached hydrogen (secondary N) is 1. The number of likely N-dealkylation sites (tertiary alicyclic amines) is 1. The van der Waals surface area contributed by atoms with E-state index in [9.17, 15) is 4.79 Å². The van der Waals surface area contributed by atoms with Crippen molar-refractivity contribution in [1.82, 2.24) is 14.8 Å². The zero-order valence-corrected chi connectivity index (χ0v) is 17.0. The number of hydrogen-bond acceptors (Lipinski definition) is 4. The van der Waals surface area contributed by atoms with Crippen molar-refractivity contribution in [1.29, 1.82) is 0 Å². The van der Waals surface area contributed by atoms with Gasteiger partial charge in [0, 0.05) is 43.2 Å². The second kappa shape index (κ2) is 8.21. The van der Waals surface area contributed by atoms with Gasteiger partial charge in [0.15, 0.2) is 11.5 Å². The van der Waals surface area contributed by atoms with Crippen LogP contribution in [0.5, 0.6) is 11.5 Å². The molecule has 1 fully saturated rings. The maximum absolute atomic E-state index is 13.0. The first-order valence-corrected chi connectivity index (χ1v) is 9.78. The van der Waals surface area contributed by atoms with Crippen molar-refractivity contribution in [2.75, 3.05) is 27.3 Å². The van der Waals surface area contributed by atoms with Crippen molar-refractivity contribution in [3.05, 3.63) is 23.9 Å². The molecule has 27 heavy (non-hydrogen) atoms. The number of rotatable bonds is 6. The molecule has 0 unspecified atom stereocenters. The lowest BCUT2D eigenvalue weighted by Gasteiger charge is -2.34. The largest absolute Gasteiger partial charge is 0.493 e. The zero-order valence-electron chi connectivity index (χ0n) is 17.0. The number of carbonyl (C=O) groups is 1. The van der Waals surface area contributed by atoms with E-state index in [1.165, 1.54) is 0 Å². The fourth-order valence-corrected chi connectivity index (χ4v) is 3.94. The summed E-state index contributed by atoms with van der Waals surface area (Å²) >= 11 is 0. The minimum absolute atomic E-state index is 0.00557. The van der Waals surface area contributed by atoms with Crippen molar-refractivity contribution in [3.8, 4) is 11.5 Å². The summed E-state index contributed by atoms with van der Waals surface area (Å²) in [6, 6.07) is 6.61. The molecule has 0 saturated carbocycles. The topological polar surface area (TPSA) is 55.7 Å². The number of benzene rings is 1. The lowest BCUT2D eigenvalue weighted by atomic mass is 10.0. The SMILES string of the molecule is CCn1c(C(=O)NC2CCN(C(C)C)CC2)cc2cc(OC)c(OC)cc21. The number of carbonyl (C=O) groups excluding carboxylic acids is 1. The molecule has 1 aromatic heterocycles. The van der Waals surface area contributed by atoms with Gasteiger partial charge in [-0.05, 0) is 45.7 Å². The summed E-state index contributed by atoms with van der Waals surface area (Å²) in [5.74, 6) is 1.34. The summed E-state index contributed by atoms with van der Waals surface area (Å²) in [5, 5.41) is 4.22. The molecule has 2 heterocycles. The summed E-state index contributed by atoms with van der Waals surface area (Å²) in [5.41, 5.74) is 1.67. The average Bonchev–Trinajstić information content (AvgIpc) is 3.04. The number of hydrogen-bond donors (Lipinski definition) is 1. The van der Waals surface area contributed by atoms with Crippen LogP contribution < -0.4 is 14.8 Å². The first kappa shape index (κ1) is 19.5. The number of amides is 1. The molecule has 0 spiro atoms. The van der Waals surface area contributed by atoms with Crippen LogP contribution in [-0.2, 0) is 6.54 Å². The normalized spacial score (nSPS) is 16.1. The number of ether oxygens (including phenoxy) is 2. The Morgan fingerprint density at radius 1 is 1.15 bits per heavy atom. The van der Waals surface area contributed by atoms with Crippen LogP contribution in [0.15, 0.2) is 18.2 Å². The van der Waals surface area contributed by atoms with Gasteiger partial charge in [-0.15, -0.1) is 0 Å². The van der Waals surface area contributed by atoms with Gasteiger partial charge in [0.1, 0.15) is 5.69 Å². The third-order valence-electron chi connectivity index (χ3n) is 5.55. The summed E-state index contributed by atoms with van der Waals surface area (Å²) in [6.07, 6.45) is 2.00. The Bertz CT molecular complexity index is 805. The van der Waals surface area contributed by atoms with Crippen LogP contribution in [0, 0.1) is 0 Å². The van der Waals surface area contributed by atoms with Crippen molar-refractivity contribution in [2.24, 2.45) is 0 Å². The highest BCUT2D eigenvalue weighted by Crippen LogP contribution is 2.34. The van der Waals surface area contributed by atoms with Crippen LogP contribution in [0.4, 0.5) is 0 Å². The first-order valence-electron chi connectivity index (χ1n) is 9.78. The van der Waals surface area contributed by atoms with E-state index >= 15 is 0 Å². The number of aryl methyl sites for hydroxylation is 1. The number of fused-ring (bicyclic) bond motifs is 1. The summed E-state index contributed by atoms with van der Waals surface area (Å²) in [7, 11) is 3.25. The maximum atomic E-state index is 13.0. The van der Waals surface area contributed by atoms with Gasteiger partial charge in [-0.25, -0.2) is 0 Å². The summed E-state index contributed by atoms with van der Waals surface area (Å²) in [6.45, 7) is 9.28. The number of piperidine rings is 1. The molecule has 1 saturated heterocycles. The standard InChI is InChI=1S/C21H31N3O3/c1-6-24-17-13-20(27-5)19(26-4)12-15(17)11-18(24)21(25)22-16-7-9-23(10-8-16)14(2)3/h11-14,16H,6-10H2,1-5H3,(H,22,25). The monoisotopic (exact) mass is 373 g/mol. The molecule has 6 heteroatoms. The molecule has 1 N–H and O–H groups in total. The van der Waals surface area contributed by atoms with E-state index in [4.69, 9.17) is 9.47 Å². The maximum Gasteiger partial charge on any atom is 0.268 e. The van der Waals surface area contributed by atoms with Crippen LogP contribution in [-0.4, -0.2) is 54.8 Å². The highest BCUT2D eigenvalue weighted by molar-refractivity contribution is 5.99. The number of methoxy groups -OCH3 is 2. The highest BCUT2D eigenvalue weighted by atomic mass is 16.5. The Balaban J connectivity index is 1.82. The van der Waals surface area contributed by atoms with Gasteiger partial charge in [-0.1, -0.05) is 0 Å². The van der Waals surface area contributed by atoms with E-state index in [1.54, 1.807) is 14.2 Å². The lowest BCUT2D eigenvalue weighted by Crippen LogP contribution is -2.46. The van der Waals surface area contributed by atoms with Crippen LogP contribution in [0.1, 0.15) is 44.1 Å². The Labute approximate surface area is 161 Å². The molecule has 1 aliphatic rings. The predicted molar refractivity (Wildman–Crippen MR) is 108 cm³/mol. The molecule has 1 amide bonds. The number of aromatic nitrogens is 1. The van der Waals surface area contributed by atoms with Crippen molar-refractivity contribution in [3.63, 3.8) is 0 Å². The number of nitrogens with zero attached hydrogens (tertiary/aromatic N) is 2. The molecule has 0 radical (unpaired) electrons. The van der Waals surface area contributed by atoms with E-state index in [1.807, 2.05) is 29.7 Å². The highest BCUT2D eigenvalue weighted by Gasteiger charge is 2.24. The van der Waals surface area contributed by atoms with Gasteiger partial charge in [-0.2, -0.15) is 0 Å². The van der Waals surface area contributed by atoms with Gasteiger partial charge in [0.2, 0.25) is 0 Å². The third-order valence-corrected chi connectivity index (χ3v) is 5.55. The third kappa shape index (κ3) is 3.90. The van der Waals surface area contributed by atoms with Crippen molar-refractivity contribution < 1.29 is 14.3 Å². The van der Waals surface area contributed by atoms with Gasteiger partial charge in [0.05, 0.1) is 19.7 Å². The molecular formula is C21H31N3O3. The molecule has 6 nitrogen and oxygen atoms in total. The van der Waals surface area contributed by atoms with E-state index in [0.29, 0.717) is 29.8 Å². The second-order valence-corrected chi connectivity index (χ2v) is 7.42. The molecular weight excluding hydrogens is 342 g/mol.